The third-order valence-electron chi connectivity index (χ3n) is 4.29. The van der Waals surface area contributed by atoms with Gasteiger partial charge in [-0.1, -0.05) is 26.7 Å². The molecule has 114 valence electrons. The van der Waals surface area contributed by atoms with E-state index < -0.39 is 0 Å². The van der Waals surface area contributed by atoms with Crippen molar-refractivity contribution in [2.45, 2.75) is 40.5 Å². The molecule has 0 aliphatic rings. The van der Waals surface area contributed by atoms with E-state index in [1.54, 1.807) is 0 Å². The topological polar surface area (TPSA) is 42.2 Å². The first-order valence-corrected chi connectivity index (χ1v) is 8.00. The van der Waals surface area contributed by atoms with Crippen LogP contribution in [0.25, 0.3) is 10.9 Å². The van der Waals surface area contributed by atoms with Crippen LogP contribution in [0.4, 0.5) is 11.4 Å². The summed E-state index contributed by atoms with van der Waals surface area (Å²) in [6.45, 7) is 10.9. The predicted molar refractivity (Wildman–Crippen MR) is 92.9 cm³/mol. The van der Waals surface area contributed by atoms with E-state index in [-0.39, 0.29) is 0 Å². The second-order valence-electron chi connectivity index (χ2n) is 5.78. The van der Waals surface area contributed by atoms with Gasteiger partial charge in [0.1, 0.15) is 0 Å². The van der Waals surface area contributed by atoms with Gasteiger partial charge in [0.25, 0.3) is 0 Å². The highest BCUT2D eigenvalue weighted by Gasteiger charge is 2.14. The van der Waals surface area contributed by atoms with Crippen molar-refractivity contribution in [1.82, 2.24) is 4.98 Å². The van der Waals surface area contributed by atoms with Gasteiger partial charge in [-0.15, -0.1) is 0 Å². The van der Waals surface area contributed by atoms with Gasteiger partial charge in [-0.05, 0) is 44.0 Å². The number of fused-ring (bicyclic) bond motifs is 1. The SMILES string of the molecule is CCC(CC)CN(CC)c1cc(C)nc2ccc(N)cc12. The smallest absolute Gasteiger partial charge is 0.0727 e. The van der Waals surface area contributed by atoms with Crippen molar-refractivity contribution in [2.75, 3.05) is 23.7 Å². The minimum atomic E-state index is 0.731. The van der Waals surface area contributed by atoms with Gasteiger partial charge in [-0.25, -0.2) is 0 Å². The van der Waals surface area contributed by atoms with E-state index in [1.165, 1.54) is 18.5 Å². The molecule has 1 aromatic carbocycles. The molecule has 0 atom stereocenters. The van der Waals surface area contributed by atoms with E-state index in [1.807, 2.05) is 18.2 Å². The summed E-state index contributed by atoms with van der Waals surface area (Å²) >= 11 is 0. The maximum atomic E-state index is 5.98. The quantitative estimate of drug-likeness (QED) is 0.800. The molecule has 0 bridgehead atoms. The molecule has 1 heterocycles. The highest BCUT2D eigenvalue weighted by atomic mass is 15.1. The molecule has 0 aliphatic heterocycles. The van der Waals surface area contributed by atoms with Crippen molar-refractivity contribution < 1.29 is 0 Å². The zero-order chi connectivity index (χ0) is 15.4. The van der Waals surface area contributed by atoms with Crippen LogP contribution in [0.3, 0.4) is 0 Å². The lowest BCUT2D eigenvalue weighted by molar-refractivity contribution is 0.486. The molecule has 3 nitrogen and oxygen atoms in total. The summed E-state index contributed by atoms with van der Waals surface area (Å²) in [6, 6.07) is 8.18. The van der Waals surface area contributed by atoms with Gasteiger partial charge in [0.2, 0.25) is 0 Å². The van der Waals surface area contributed by atoms with Crippen molar-refractivity contribution in [1.29, 1.82) is 0 Å². The van der Waals surface area contributed by atoms with E-state index in [2.05, 4.69) is 43.6 Å². The fourth-order valence-corrected chi connectivity index (χ4v) is 2.87. The minimum absolute atomic E-state index is 0.731. The Morgan fingerprint density at radius 2 is 1.86 bits per heavy atom. The average Bonchev–Trinajstić information content (AvgIpc) is 2.48. The van der Waals surface area contributed by atoms with Crippen LogP contribution in [0.2, 0.25) is 0 Å². The number of aryl methyl sites for hydroxylation is 1. The van der Waals surface area contributed by atoms with Crippen LogP contribution in [0.1, 0.15) is 39.3 Å². The Hall–Kier alpha value is -1.77. The third kappa shape index (κ3) is 3.46. The fraction of sp³-hybridized carbons (Fsp3) is 0.500. The molecule has 0 saturated carbocycles. The van der Waals surface area contributed by atoms with Crippen molar-refractivity contribution in [3.8, 4) is 0 Å². The Morgan fingerprint density at radius 1 is 1.14 bits per heavy atom. The lowest BCUT2D eigenvalue weighted by Crippen LogP contribution is -2.29. The number of benzene rings is 1. The summed E-state index contributed by atoms with van der Waals surface area (Å²) in [7, 11) is 0. The first-order chi connectivity index (χ1) is 10.1. The summed E-state index contributed by atoms with van der Waals surface area (Å²) in [5, 5.41) is 1.16. The van der Waals surface area contributed by atoms with Gasteiger partial charge >= 0.3 is 0 Å². The highest BCUT2D eigenvalue weighted by Crippen LogP contribution is 2.29. The van der Waals surface area contributed by atoms with Crippen LogP contribution >= 0.6 is 0 Å². The molecule has 1 aromatic heterocycles. The Bertz CT molecular complexity index is 603. The number of aromatic nitrogens is 1. The van der Waals surface area contributed by atoms with Gasteiger partial charge in [-0.2, -0.15) is 0 Å². The molecule has 2 aromatic rings. The molecule has 21 heavy (non-hydrogen) atoms. The number of nitrogen functional groups attached to an aromatic ring is 1. The summed E-state index contributed by atoms with van der Waals surface area (Å²) in [5.74, 6) is 0.731. The molecular weight excluding hydrogens is 258 g/mol. The number of hydrogen-bond acceptors (Lipinski definition) is 3. The average molecular weight is 285 g/mol. The normalized spacial score (nSPS) is 11.3. The molecule has 0 fully saturated rings. The first-order valence-electron chi connectivity index (χ1n) is 8.00. The van der Waals surface area contributed by atoms with Gasteiger partial charge in [-0.3, -0.25) is 4.98 Å². The van der Waals surface area contributed by atoms with E-state index >= 15 is 0 Å². The van der Waals surface area contributed by atoms with Gasteiger partial charge in [0.05, 0.1) is 5.52 Å². The molecule has 2 rings (SSSR count). The molecule has 3 heteroatoms. The van der Waals surface area contributed by atoms with E-state index in [0.29, 0.717) is 0 Å². The van der Waals surface area contributed by atoms with Crippen LogP contribution in [-0.4, -0.2) is 18.1 Å². The van der Waals surface area contributed by atoms with Crippen molar-refractivity contribution in [3.05, 3.63) is 30.0 Å². The second-order valence-corrected chi connectivity index (χ2v) is 5.78. The number of rotatable bonds is 6. The fourth-order valence-electron chi connectivity index (χ4n) is 2.87. The summed E-state index contributed by atoms with van der Waals surface area (Å²) in [6.07, 6.45) is 2.44. The minimum Gasteiger partial charge on any atom is -0.399 e. The Balaban J connectivity index is 2.49. The Labute approximate surface area is 128 Å². The lowest BCUT2D eigenvalue weighted by Gasteiger charge is -2.29. The standard InChI is InChI=1S/C18H27N3/c1-5-14(6-2)12-21(7-3)18-10-13(4)20-17-9-8-15(19)11-16(17)18/h8-11,14H,5-7,12,19H2,1-4H3. The van der Waals surface area contributed by atoms with Crippen LogP contribution in [0, 0.1) is 12.8 Å². The van der Waals surface area contributed by atoms with Crippen LogP contribution in [0.5, 0.6) is 0 Å². The van der Waals surface area contributed by atoms with Crippen LogP contribution < -0.4 is 10.6 Å². The number of pyridine rings is 1. The first kappa shape index (κ1) is 15.6. The van der Waals surface area contributed by atoms with Crippen LogP contribution in [0.15, 0.2) is 24.3 Å². The molecule has 0 unspecified atom stereocenters. The molecule has 0 aliphatic carbocycles. The Kier molecular flexibility index (Phi) is 5.05. The van der Waals surface area contributed by atoms with E-state index in [0.717, 1.165) is 41.3 Å². The summed E-state index contributed by atoms with van der Waals surface area (Å²) < 4.78 is 0. The molecule has 0 saturated heterocycles. The maximum Gasteiger partial charge on any atom is 0.0727 e. The van der Waals surface area contributed by atoms with Crippen molar-refractivity contribution >= 4 is 22.3 Å². The van der Waals surface area contributed by atoms with Crippen molar-refractivity contribution in [2.24, 2.45) is 5.92 Å². The lowest BCUT2D eigenvalue weighted by atomic mass is 10.0. The van der Waals surface area contributed by atoms with Gasteiger partial charge in [0, 0.05) is 35.5 Å². The van der Waals surface area contributed by atoms with Crippen LogP contribution in [-0.2, 0) is 0 Å². The van der Waals surface area contributed by atoms with Crippen molar-refractivity contribution in [3.63, 3.8) is 0 Å². The largest absolute Gasteiger partial charge is 0.399 e. The second kappa shape index (κ2) is 6.79. The number of hydrogen-bond donors (Lipinski definition) is 1. The number of nitrogens with two attached hydrogens (primary N) is 1. The van der Waals surface area contributed by atoms with Gasteiger partial charge in [0.15, 0.2) is 0 Å². The molecular formula is C18H27N3. The maximum absolute atomic E-state index is 5.98. The summed E-state index contributed by atoms with van der Waals surface area (Å²) in [5.41, 5.74) is 10.1. The third-order valence-corrected chi connectivity index (χ3v) is 4.29. The molecule has 0 radical (unpaired) electrons. The van der Waals surface area contributed by atoms with E-state index in [9.17, 15) is 0 Å². The predicted octanol–water partition coefficient (Wildman–Crippen LogP) is 4.39. The summed E-state index contributed by atoms with van der Waals surface area (Å²) in [4.78, 5) is 7.10. The molecule has 2 N–H and O–H groups in total. The monoisotopic (exact) mass is 285 g/mol. The molecule has 0 spiro atoms. The van der Waals surface area contributed by atoms with Gasteiger partial charge < -0.3 is 10.6 Å². The highest BCUT2D eigenvalue weighted by molar-refractivity contribution is 5.94. The molecule has 0 amide bonds. The zero-order valence-corrected chi connectivity index (χ0v) is 13.7. The Morgan fingerprint density at radius 3 is 2.48 bits per heavy atom. The number of anilines is 2. The van der Waals surface area contributed by atoms with E-state index in [4.69, 9.17) is 5.73 Å². The zero-order valence-electron chi connectivity index (χ0n) is 13.7. The number of nitrogens with zero attached hydrogens (tertiary/aromatic N) is 2.